The lowest BCUT2D eigenvalue weighted by Gasteiger charge is -2.15. The molecule has 4 nitrogen and oxygen atoms in total. The molecule has 1 fully saturated rings. The minimum absolute atomic E-state index is 0.0447. The summed E-state index contributed by atoms with van der Waals surface area (Å²) in [4.78, 5) is 13.4. The largest absolute Gasteiger partial charge is 0.396 e. The summed E-state index contributed by atoms with van der Waals surface area (Å²) in [6.45, 7) is 1.74. The van der Waals surface area contributed by atoms with Crippen LogP contribution in [-0.4, -0.2) is 48.7 Å². The molecule has 14 heavy (non-hydrogen) atoms. The van der Waals surface area contributed by atoms with Crippen molar-refractivity contribution in [1.29, 1.82) is 0 Å². The summed E-state index contributed by atoms with van der Waals surface area (Å²) >= 11 is 0. The zero-order valence-corrected chi connectivity index (χ0v) is 8.83. The molecule has 0 unspecified atom stereocenters. The van der Waals surface area contributed by atoms with Crippen LogP contribution in [0.25, 0.3) is 0 Å². The number of aliphatic hydroxyl groups excluding tert-OH is 1. The second kappa shape index (κ2) is 5.98. The van der Waals surface area contributed by atoms with Crippen molar-refractivity contribution < 1.29 is 9.90 Å². The topological polar surface area (TPSA) is 52.6 Å². The van der Waals surface area contributed by atoms with Crippen molar-refractivity contribution in [2.24, 2.45) is 0 Å². The fraction of sp³-hybridized carbons (Fsp3) is 0.900. The highest BCUT2D eigenvalue weighted by Gasteiger charge is 2.25. The van der Waals surface area contributed by atoms with Crippen LogP contribution in [0.5, 0.6) is 0 Å². The first-order chi connectivity index (χ1) is 6.74. The van der Waals surface area contributed by atoms with Crippen molar-refractivity contribution in [3.8, 4) is 0 Å². The van der Waals surface area contributed by atoms with Crippen LogP contribution in [0.15, 0.2) is 0 Å². The third kappa shape index (κ3) is 4.58. The van der Waals surface area contributed by atoms with Gasteiger partial charge in [0.1, 0.15) is 0 Å². The van der Waals surface area contributed by atoms with Gasteiger partial charge in [0.05, 0.1) is 0 Å². The molecule has 0 saturated heterocycles. The van der Waals surface area contributed by atoms with Gasteiger partial charge < -0.3 is 15.3 Å². The second-order valence-corrected chi connectivity index (χ2v) is 3.89. The van der Waals surface area contributed by atoms with E-state index in [1.807, 2.05) is 0 Å². The molecular weight excluding hydrogens is 180 g/mol. The van der Waals surface area contributed by atoms with Gasteiger partial charge in [0.15, 0.2) is 0 Å². The highest BCUT2D eigenvalue weighted by atomic mass is 16.3. The molecule has 0 aliphatic heterocycles. The monoisotopic (exact) mass is 200 g/mol. The Morgan fingerprint density at radius 1 is 1.57 bits per heavy atom. The normalized spacial score (nSPS) is 15.9. The number of aliphatic hydroxyl groups is 1. The van der Waals surface area contributed by atoms with E-state index in [1.165, 1.54) is 12.8 Å². The molecular formula is C10H20N2O2. The van der Waals surface area contributed by atoms with Crippen LogP contribution in [0.1, 0.15) is 25.7 Å². The van der Waals surface area contributed by atoms with Gasteiger partial charge in [-0.3, -0.25) is 4.79 Å². The van der Waals surface area contributed by atoms with Gasteiger partial charge >= 0.3 is 0 Å². The summed E-state index contributed by atoms with van der Waals surface area (Å²) in [5.41, 5.74) is 0. The number of nitrogens with one attached hydrogen (secondary N) is 1. The van der Waals surface area contributed by atoms with Crippen molar-refractivity contribution in [3.63, 3.8) is 0 Å². The number of likely N-dealkylation sites (N-methyl/N-ethyl adjacent to an activating group) is 1. The molecule has 0 bridgehead atoms. The lowest BCUT2D eigenvalue weighted by atomic mass is 10.3. The van der Waals surface area contributed by atoms with Gasteiger partial charge in [0.25, 0.3) is 0 Å². The molecule has 4 heteroatoms. The van der Waals surface area contributed by atoms with Crippen LogP contribution < -0.4 is 5.32 Å². The van der Waals surface area contributed by atoms with E-state index in [9.17, 15) is 4.79 Å². The van der Waals surface area contributed by atoms with Gasteiger partial charge in [-0.1, -0.05) is 0 Å². The Morgan fingerprint density at radius 2 is 2.29 bits per heavy atom. The minimum atomic E-state index is 0.0447. The second-order valence-electron chi connectivity index (χ2n) is 3.89. The van der Waals surface area contributed by atoms with E-state index in [0.717, 1.165) is 19.1 Å². The number of carbonyl (C=O) groups excluding carboxylic acids is 1. The Balaban J connectivity index is 1.94. The number of carbonyl (C=O) groups is 1. The molecule has 0 aromatic carbocycles. The van der Waals surface area contributed by atoms with Crippen molar-refractivity contribution in [2.45, 2.75) is 31.7 Å². The molecule has 0 spiro atoms. The van der Waals surface area contributed by atoms with Crippen LogP contribution >= 0.6 is 0 Å². The van der Waals surface area contributed by atoms with Gasteiger partial charge in [-0.2, -0.15) is 0 Å². The van der Waals surface area contributed by atoms with Gasteiger partial charge in [-0.15, -0.1) is 0 Å². The van der Waals surface area contributed by atoms with Crippen molar-refractivity contribution >= 4 is 5.91 Å². The van der Waals surface area contributed by atoms with Gasteiger partial charge in [0.2, 0.25) is 5.91 Å². The highest BCUT2D eigenvalue weighted by molar-refractivity contribution is 5.75. The third-order valence-electron chi connectivity index (χ3n) is 2.52. The van der Waals surface area contributed by atoms with Gasteiger partial charge in [0, 0.05) is 32.2 Å². The average Bonchev–Trinajstić information content (AvgIpc) is 2.97. The van der Waals surface area contributed by atoms with Crippen LogP contribution in [0.3, 0.4) is 0 Å². The molecule has 2 N–H and O–H groups in total. The maximum Gasteiger partial charge on any atom is 0.220 e. The summed E-state index contributed by atoms with van der Waals surface area (Å²) in [6, 6.07) is 0.754. The van der Waals surface area contributed by atoms with Crippen LogP contribution in [0, 0.1) is 0 Å². The third-order valence-corrected chi connectivity index (χ3v) is 2.52. The fourth-order valence-corrected chi connectivity index (χ4v) is 1.40. The Bertz CT molecular complexity index is 181. The van der Waals surface area contributed by atoms with Gasteiger partial charge in [-0.05, 0) is 26.3 Å². The molecule has 1 rings (SSSR count). The molecule has 1 amide bonds. The number of rotatable bonds is 7. The Labute approximate surface area is 85.3 Å². The maximum atomic E-state index is 11.1. The van der Waals surface area contributed by atoms with Crippen LogP contribution in [-0.2, 0) is 4.79 Å². The van der Waals surface area contributed by atoms with Crippen molar-refractivity contribution in [2.75, 3.05) is 26.7 Å². The molecule has 1 aliphatic rings. The summed E-state index contributed by atoms with van der Waals surface area (Å²) < 4.78 is 0. The van der Waals surface area contributed by atoms with E-state index in [2.05, 4.69) is 17.3 Å². The van der Waals surface area contributed by atoms with Crippen molar-refractivity contribution in [1.82, 2.24) is 10.2 Å². The van der Waals surface area contributed by atoms with Crippen LogP contribution in [0.4, 0.5) is 0 Å². The van der Waals surface area contributed by atoms with E-state index in [-0.39, 0.29) is 12.5 Å². The Hall–Kier alpha value is -0.610. The number of hydrogen-bond donors (Lipinski definition) is 2. The van der Waals surface area contributed by atoms with E-state index >= 15 is 0 Å². The molecule has 0 aromatic heterocycles. The van der Waals surface area contributed by atoms with E-state index in [1.54, 1.807) is 0 Å². The number of amides is 1. The SMILES string of the molecule is CN(CCNC(=O)CCCO)C1CC1. The summed E-state index contributed by atoms with van der Waals surface area (Å²) in [5.74, 6) is 0.0447. The van der Waals surface area contributed by atoms with E-state index in [0.29, 0.717) is 12.8 Å². The predicted molar refractivity (Wildman–Crippen MR) is 55.0 cm³/mol. The first kappa shape index (κ1) is 11.5. The van der Waals surface area contributed by atoms with Crippen LogP contribution in [0.2, 0.25) is 0 Å². The summed E-state index contributed by atoms with van der Waals surface area (Å²) in [6.07, 6.45) is 3.60. The fourth-order valence-electron chi connectivity index (χ4n) is 1.40. The first-order valence-electron chi connectivity index (χ1n) is 5.32. The van der Waals surface area contributed by atoms with E-state index < -0.39 is 0 Å². The quantitative estimate of drug-likeness (QED) is 0.607. The zero-order chi connectivity index (χ0) is 10.4. The van der Waals surface area contributed by atoms with Gasteiger partial charge in [-0.25, -0.2) is 0 Å². The summed E-state index contributed by atoms with van der Waals surface area (Å²) in [7, 11) is 2.09. The lowest BCUT2D eigenvalue weighted by molar-refractivity contribution is -0.121. The van der Waals surface area contributed by atoms with E-state index in [4.69, 9.17) is 5.11 Å². The predicted octanol–water partition coefficient (Wildman–Crippen LogP) is -0.0307. The Morgan fingerprint density at radius 3 is 2.86 bits per heavy atom. The molecule has 1 saturated carbocycles. The number of nitrogens with zero attached hydrogens (tertiary/aromatic N) is 1. The molecule has 0 atom stereocenters. The zero-order valence-electron chi connectivity index (χ0n) is 8.83. The molecule has 0 heterocycles. The summed E-state index contributed by atoms with van der Waals surface area (Å²) in [5, 5.41) is 11.4. The smallest absolute Gasteiger partial charge is 0.220 e. The number of hydrogen-bond acceptors (Lipinski definition) is 3. The lowest BCUT2D eigenvalue weighted by Crippen LogP contribution is -2.33. The minimum Gasteiger partial charge on any atom is -0.396 e. The highest BCUT2D eigenvalue weighted by Crippen LogP contribution is 2.24. The first-order valence-corrected chi connectivity index (χ1v) is 5.32. The maximum absolute atomic E-state index is 11.1. The molecule has 82 valence electrons. The molecule has 0 radical (unpaired) electrons. The van der Waals surface area contributed by atoms with Crippen molar-refractivity contribution in [3.05, 3.63) is 0 Å². The molecule has 1 aliphatic carbocycles. The molecule has 0 aromatic rings. The average molecular weight is 200 g/mol. The Kier molecular flexibility index (Phi) is 4.90. The standard InChI is InChI=1S/C10H20N2O2/c1-12(9-4-5-9)7-6-11-10(14)3-2-8-13/h9,13H,2-8H2,1H3,(H,11,14).